The summed E-state index contributed by atoms with van der Waals surface area (Å²) < 4.78 is 0. The van der Waals surface area contributed by atoms with Crippen LogP contribution in [0, 0.1) is 0 Å². The summed E-state index contributed by atoms with van der Waals surface area (Å²) in [5, 5.41) is 9.31. The summed E-state index contributed by atoms with van der Waals surface area (Å²) in [7, 11) is 0. The van der Waals surface area contributed by atoms with Crippen molar-refractivity contribution in [3.05, 3.63) is 53.6 Å². The fourth-order valence-electron chi connectivity index (χ4n) is 2.90. The molecule has 0 heterocycles. The summed E-state index contributed by atoms with van der Waals surface area (Å²) in [4.78, 5) is 11.3. The predicted molar refractivity (Wildman–Crippen MR) is 108 cm³/mol. The van der Waals surface area contributed by atoms with Crippen molar-refractivity contribution in [3.8, 4) is 0 Å². The predicted octanol–water partition coefficient (Wildman–Crippen LogP) is 7.02. The number of carboxylic acids is 1. The molecule has 2 nitrogen and oxygen atoms in total. The first-order valence-corrected chi connectivity index (χ1v) is 9.89. The van der Waals surface area contributed by atoms with Gasteiger partial charge in [-0.25, -0.2) is 4.79 Å². The Kier molecular flexibility index (Phi) is 12.3. The molecule has 0 unspecified atom stereocenters. The molecular formula is C23H34O2. The number of carboxylic acid groups (broad SMARTS) is 1. The molecule has 1 rings (SSSR count). The molecule has 0 amide bonds. The normalized spacial score (nSPS) is 12.0. The van der Waals surface area contributed by atoms with Crippen molar-refractivity contribution in [2.75, 3.05) is 0 Å². The van der Waals surface area contributed by atoms with Gasteiger partial charge >= 0.3 is 5.97 Å². The van der Waals surface area contributed by atoms with Crippen molar-refractivity contribution in [2.24, 2.45) is 0 Å². The first-order valence-electron chi connectivity index (χ1n) is 9.89. The molecule has 0 spiro atoms. The lowest BCUT2D eigenvalue weighted by atomic mass is 10.0. The van der Waals surface area contributed by atoms with Crippen LogP contribution in [-0.2, 0) is 4.79 Å². The Balaban J connectivity index is 2.18. The molecule has 0 aliphatic rings. The highest BCUT2D eigenvalue weighted by Crippen LogP contribution is 2.14. The lowest BCUT2D eigenvalue weighted by Crippen LogP contribution is -2.00. The summed E-state index contributed by atoms with van der Waals surface area (Å²) >= 11 is 0. The number of hydrogen-bond acceptors (Lipinski definition) is 1. The molecule has 0 saturated heterocycles. The van der Waals surface area contributed by atoms with Crippen LogP contribution >= 0.6 is 0 Å². The van der Waals surface area contributed by atoms with Gasteiger partial charge in [0.15, 0.2) is 0 Å². The highest BCUT2D eigenvalue weighted by atomic mass is 16.4. The minimum atomic E-state index is -0.798. The average Bonchev–Trinajstić information content (AvgIpc) is 2.62. The number of benzene rings is 1. The highest BCUT2D eigenvalue weighted by Gasteiger charge is 2.05. The first-order chi connectivity index (χ1) is 12.2. The van der Waals surface area contributed by atoms with Crippen molar-refractivity contribution in [1.29, 1.82) is 0 Å². The summed E-state index contributed by atoms with van der Waals surface area (Å²) in [5.74, 6) is -0.798. The van der Waals surface area contributed by atoms with E-state index < -0.39 is 5.97 Å². The van der Waals surface area contributed by atoms with E-state index in [2.05, 4.69) is 6.92 Å². The lowest BCUT2D eigenvalue weighted by molar-refractivity contribution is -0.132. The van der Waals surface area contributed by atoms with Gasteiger partial charge < -0.3 is 5.11 Å². The van der Waals surface area contributed by atoms with E-state index in [-0.39, 0.29) is 0 Å². The Morgan fingerprint density at radius 3 is 2.00 bits per heavy atom. The first kappa shape index (κ1) is 21.2. The maximum Gasteiger partial charge on any atom is 0.331 e. The van der Waals surface area contributed by atoms with Crippen molar-refractivity contribution < 1.29 is 9.90 Å². The third-order valence-corrected chi connectivity index (χ3v) is 4.46. The molecule has 0 radical (unpaired) electrons. The maximum atomic E-state index is 11.3. The van der Waals surface area contributed by atoms with E-state index in [1.165, 1.54) is 51.4 Å². The van der Waals surface area contributed by atoms with E-state index in [1.807, 2.05) is 42.5 Å². The van der Waals surface area contributed by atoms with Gasteiger partial charge in [-0.1, -0.05) is 113 Å². The molecule has 0 bridgehead atoms. The molecule has 25 heavy (non-hydrogen) atoms. The molecule has 1 aromatic rings. The van der Waals surface area contributed by atoms with Gasteiger partial charge in [-0.15, -0.1) is 0 Å². The van der Waals surface area contributed by atoms with E-state index in [0.717, 1.165) is 18.4 Å². The van der Waals surface area contributed by atoms with E-state index >= 15 is 0 Å². The SMILES string of the molecule is CCCCCCCCCCCCC(=CC=Cc1ccccc1)C(=O)O. The van der Waals surface area contributed by atoms with Gasteiger partial charge in [0, 0.05) is 5.57 Å². The average molecular weight is 343 g/mol. The van der Waals surface area contributed by atoms with Gasteiger partial charge in [0.1, 0.15) is 0 Å². The summed E-state index contributed by atoms with van der Waals surface area (Å²) in [5.41, 5.74) is 1.59. The van der Waals surface area contributed by atoms with Crippen molar-refractivity contribution in [3.63, 3.8) is 0 Å². The number of carbonyl (C=O) groups is 1. The van der Waals surface area contributed by atoms with E-state index in [4.69, 9.17) is 0 Å². The Bertz CT molecular complexity index is 514. The van der Waals surface area contributed by atoms with Crippen LogP contribution in [0.4, 0.5) is 0 Å². The minimum absolute atomic E-state index is 0.506. The van der Waals surface area contributed by atoms with Crippen LogP contribution < -0.4 is 0 Å². The molecule has 1 aromatic carbocycles. The summed E-state index contributed by atoms with van der Waals surface area (Å²) in [6.07, 6.45) is 18.9. The number of rotatable bonds is 14. The third kappa shape index (κ3) is 11.4. The molecule has 0 aliphatic carbocycles. The van der Waals surface area contributed by atoms with Crippen LogP contribution in [0.1, 0.15) is 83.1 Å². The second kappa shape index (κ2) is 14.5. The zero-order valence-electron chi connectivity index (χ0n) is 15.8. The minimum Gasteiger partial charge on any atom is -0.478 e. The van der Waals surface area contributed by atoms with E-state index in [1.54, 1.807) is 6.08 Å². The highest BCUT2D eigenvalue weighted by molar-refractivity contribution is 5.87. The van der Waals surface area contributed by atoms with Gasteiger partial charge in [0.05, 0.1) is 0 Å². The summed E-state index contributed by atoms with van der Waals surface area (Å²) in [6.45, 7) is 2.25. The van der Waals surface area contributed by atoms with Crippen LogP contribution in [0.2, 0.25) is 0 Å². The van der Waals surface area contributed by atoms with Crippen LogP contribution in [-0.4, -0.2) is 11.1 Å². The Hall–Kier alpha value is -1.83. The second-order valence-corrected chi connectivity index (χ2v) is 6.70. The zero-order chi connectivity index (χ0) is 18.2. The summed E-state index contributed by atoms with van der Waals surface area (Å²) in [6, 6.07) is 9.94. The van der Waals surface area contributed by atoms with Crippen molar-refractivity contribution in [2.45, 2.75) is 77.6 Å². The van der Waals surface area contributed by atoms with Crippen molar-refractivity contribution in [1.82, 2.24) is 0 Å². The molecule has 0 saturated carbocycles. The zero-order valence-corrected chi connectivity index (χ0v) is 15.8. The Morgan fingerprint density at radius 2 is 1.44 bits per heavy atom. The second-order valence-electron chi connectivity index (χ2n) is 6.70. The van der Waals surface area contributed by atoms with Gasteiger partial charge in [-0.3, -0.25) is 0 Å². The van der Waals surface area contributed by atoms with Crippen LogP contribution in [0.15, 0.2) is 48.1 Å². The van der Waals surface area contributed by atoms with Gasteiger partial charge in [-0.2, -0.15) is 0 Å². The molecule has 0 aromatic heterocycles. The lowest BCUT2D eigenvalue weighted by Gasteiger charge is -2.03. The smallest absolute Gasteiger partial charge is 0.331 e. The Morgan fingerprint density at radius 1 is 0.880 bits per heavy atom. The van der Waals surface area contributed by atoms with Crippen LogP contribution in [0.3, 0.4) is 0 Å². The third-order valence-electron chi connectivity index (χ3n) is 4.46. The monoisotopic (exact) mass is 342 g/mol. The standard InChI is InChI=1S/C23H34O2/c1-2-3-4-5-6-7-8-9-10-14-19-22(23(24)25)20-15-18-21-16-12-11-13-17-21/h11-13,15-18,20H,2-10,14,19H2,1H3,(H,24,25). The number of aliphatic carboxylic acids is 1. The molecule has 1 N–H and O–H groups in total. The largest absolute Gasteiger partial charge is 0.478 e. The number of hydrogen-bond donors (Lipinski definition) is 1. The van der Waals surface area contributed by atoms with Gasteiger partial charge in [0.2, 0.25) is 0 Å². The van der Waals surface area contributed by atoms with E-state index in [0.29, 0.717) is 12.0 Å². The number of allylic oxidation sites excluding steroid dienone is 2. The molecule has 2 heteroatoms. The molecular weight excluding hydrogens is 308 g/mol. The molecule has 138 valence electrons. The molecule has 0 atom stereocenters. The maximum absolute atomic E-state index is 11.3. The van der Waals surface area contributed by atoms with Crippen LogP contribution in [0.5, 0.6) is 0 Å². The Labute approximate surface area is 153 Å². The molecule has 0 fully saturated rings. The van der Waals surface area contributed by atoms with Gasteiger partial charge in [-0.05, 0) is 18.4 Å². The topological polar surface area (TPSA) is 37.3 Å². The van der Waals surface area contributed by atoms with E-state index in [9.17, 15) is 9.90 Å². The van der Waals surface area contributed by atoms with Gasteiger partial charge in [0.25, 0.3) is 0 Å². The fraction of sp³-hybridized carbons (Fsp3) is 0.522. The van der Waals surface area contributed by atoms with Crippen molar-refractivity contribution >= 4 is 12.0 Å². The number of unbranched alkanes of at least 4 members (excludes halogenated alkanes) is 9. The fourth-order valence-corrected chi connectivity index (χ4v) is 2.90. The van der Waals surface area contributed by atoms with Crippen LogP contribution in [0.25, 0.3) is 6.08 Å². The molecule has 0 aliphatic heterocycles. The quantitative estimate of drug-likeness (QED) is 0.224.